The zero-order chi connectivity index (χ0) is 13.0. The molecule has 1 fully saturated rings. The molecule has 1 saturated carbocycles. The van der Waals surface area contributed by atoms with Gasteiger partial charge in [0, 0.05) is 18.2 Å². The number of hydrogen-bond acceptors (Lipinski definition) is 2. The van der Waals surface area contributed by atoms with E-state index in [9.17, 15) is 9.18 Å². The Hall–Kier alpha value is -1.42. The van der Waals surface area contributed by atoms with E-state index < -0.39 is 0 Å². The van der Waals surface area contributed by atoms with Gasteiger partial charge in [-0.15, -0.1) is 0 Å². The standard InChI is InChI=1S/C14H18FNO2/c15-12-7-5-11(6-8-12)14(18)16(9-10-17)13-3-1-2-4-13/h5-8,13,17H,1-4,9-10H2. The molecule has 1 aliphatic rings. The third-order valence-electron chi connectivity index (χ3n) is 3.46. The van der Waals surface area contributed by atoms with Crippen LogP contribution in [0.4, 0.5) is 4.39 Å². The minimum atomic E-state index is -0.346. The molecule has 98 valence electrons. The molecular weight excluding hydrogens is 233 g/mol. The van der Waals surface area contributed by atoms with Gasteiger partial charge >= 0.3 is 0 Å². The lowest BCUT2D eigenvalue weighted by atomic mass is 10.1. The predicted octanol–water partition coefficient (Wildman–Crippen LogP) is 2.20. The summed E-state index contributed by atoms with van der Waals surface area (Å²) in [4.78, 5) is 14.0. The monoisotopic (exact) mass is 251 g/mol. The molecule has 0 aliphatic heterocycles. The molecule has 0 spiro atoms. The van der Waals surface area contributed by atoms with Gasteiger partial charge in [-0.2, -0.15) is 0 Å². The van der Waals surface area contributed by atoms with E-state index in [2.05, 4.69) is 0 Å². The smallest absolute Gasteiger partial charge is 0.254 e. The average molecular weight is 251 g/mol. The van der Waals surface area contributed by atoms with Crippen LogP contribution in [0.1, 0.15) is 36.0 Å². The number of carbonyl (C=O) groups excluding carboxylic acids is 1. The van der Waals surface area contributed by atoms with Crippen LogP contribution in [0.2, 0.25) is 0 Å². The van der Waals surface area contributed by atoms with Crippen molar-refractivity contribution >= 4 is 5.91 Å². The highest BCUT2D eigenvalue weighted by molar-refractivity contribution is 5.94. The van der Waals surface area contributed by atoms with Gasteiger partial charge < -0.3 is 10.0 Å². The second-order valence-electron chi connectivity index (χ2n) is 4.67. The van der Waals surface area contributed by atoms with E-state index in [1.165, 1.54) is 24.3 Å². The Morgan fingerprint density at radius 1 is 1.28 bits per heavy atom. The number of halogens is 1. The Bertz CT molecular complexity index is 399. The SMILES string of the molecule is O=C(c1ccc(F)cc1)N(CCO)C1CCCC1. The van der Waals surface area contributed by atoms with Gasteiger partial charge in [-0.25, -0.2) is 4.39 Å². The molecule has 1 aromatic carbocycles. The van der Waals surface area contributed by atoms with Crippen molar-refractivity contribution in [2.45, 2.75) is 31.7 Å². The van der Waals surface area contributed by atoms with Crippen molar-refractivity contribution in [2.24, 2.45) is 0 Å². The fraction of sp³-hybridized carbons (Fsp3) is 0.500. The highest BCUT2D eigenvalue weighted by atomic mass is 19.1. The van der Waals surface area contributed by atoms with Gasteiger partial charge in [-0.05, 0) is 37.1 Å². The van der Waals surface area contributed by atoms with Crippen LogP contribution in [0, 0.1) is 5.82 Å². The summed E-state index contributed by atoms with van der Waals surface area (Å²) in [6.07, 6.45) is 4.24. The summed E-state index contributed by atoms with van der Waals surface area (Å²) >= 11 is 0. The van der Waals surface area contributed by atoms with Gasteiger partial charge in [0.2, 0.25) is 0 Å². The lowest BCUT2D eigenvalue weighted by molar-refractivity contribution is 0.0638. The largest absolute Gasteiger partial charge is 0.395 e. The summed E-state index contributed by atoms with van der Waals surface area (Å²) < 4.78 is 12.8. The molecule has 1 amide bonds. The van der Waals surface area contributed by atoms with E-state index in [0.717, 1.165) is 25.7 Å². The molecule has 1 aliphatic carbocycles. The van der Waals surface area contributed by atoms with Crippen molar-refractivity contribution < 1.29 is 14.3 Å². The van der Waals surface area contributed by atoms with Gasteiger partial charge in [0.15, 0.2) is 0 Å². The minimum Gasteiger partial charge on any atom is -0.395 e. The molecule has 1 N–H and O–H groups in total. The Morgan fingerprint density at radius 3 is 2.44 bits per heavy atom. The van der Waals surface area contributed by atoms with Crippen LogP contribution in [0.15, 0.2) is 24.3 Å². The second kappa shape index (κ2) is 5.96. The first-order valence-electron chi connectivity index (χ1n) is 6.40. The summed E-state index contributed by atoms with van der Waals surface area (Å²) in [5, 5.41) is 9.08. The maximum atomic E-state index is 12.8. The molecule has 0 saturated heterocycles. The van der Waals surface area contributed by atoms with Crippen molar-refractivity contribution in [1.29, 1.82) is 0 Å². The maximum Gasteiger partial charge on any atom is 0.254 e. The van der Waals surface area contributed by atoms with Crippen molar-refractivity contribution in [3.05, 3.63) is 35.6 Å². The average Bonchev–Trinajstić information content (AvgIpc) is 2.90. The van der Waals surface area contributed by atoms with Crippen LogP contribution in [-0.2, 0) is 0 Å². The van der Waals surface area contributed by atoms with Gasteiger partial charge in [0.25, 0.3) is 5.91 Å². The summed E-state index contributed by atoms with van der Waals surface area (Å²) in [7, 11) is 0. The zero-order valence-corrected chi connectivity index (χ0v) is 10.3. The summed E-state index contributed by atoms with van der Waals surface area (Å²) in [5.41, 5.74) is 0.483. The highest BCUT2D eigenvalue weighted by Gasteiger charge is 2.26. The van der Waals surface area contributed by atoms with E-state index in [1.807, 2.05) is 0 Å². The Balaban J connectivity index is 2.14. The van der Waals surface area contributed by atoms with Crippen LogP contribution in [0.3, 0.4) is 0 Å². The van der Waals surface area contributed by atoms with Crippen molar-refractivity contribution in [1.82, 2.24) is 4.90 Å². The first-order chi connectivity index (χ1) is 8.72. The number of amides is 1. The Morgan fingerprint density at radius 2 is 1.89 bits per heavy atom. The van der Waals surface area contributed by atoms with E-state index >= 15 is 0 Å². The topological polar surface area (TPSA) is 40.5 Å². The van der Waals surface area contributed by atoms with E-state index in [4.69, 9.17) is 5.11 Å². The number of aliphatic hydroxyl groups excluding tert-OH is 1. The van der Waals surface area contributed by atoms with Crippen molar-refractivity contribution in [2.75, 3.05) is 13.2 Å². The predicted molar refractivity (Wildman–Crippen MR) is 66.8 cm³/mol. The summed E-state index contributed by atoms with van der Waals surface area (Å²) in [6.45, 7) is 0.310. The number of rotatable bonds is 4. The molecule has 0 heterocycles. The molecule has 2 rings (SSSR count). The molecule has 0 radical (unpaired) electrons. The quantitative estimate of drug-likeness (QED) is 0.891. The van der Waals surface area contributed by atoms with Gasteiger partial charge in [0.1, 0.15) is 5.82 Å². The van der Waals surface area contributed by atoms with Crippen molar-refractivity contribution in [3.8, 4) is 0 Å². The zero-order valence-electron chi connectivity index (χ0n) is 10.3. The third-order valence-corrected chi connectivity index (χ3v) is 3.46. The maximum absolute atomic E-state index is 12.8. The second-order valence-corrected chi connectivity index (χ2v) is 4.67. The Kier molecular flexibility index (Phi) is 4.31. The highest BCUT2D eigenvalue weighted by Crippen LogP contribution is 2.24. The molecule has 0 aromatic heterocycles. The summed E-state index contributed by atoms with van der Waals surface area (Å²) in [5.74, 6) is -0.461. The molecular formula is C14H18FNO2. The summed E-state index contributed by atoms with van der Waals surface area (Å²) in [6, 6.07) is 5.79. The fourth-order valence-electron chi connectivity index (χ4n) is 2.53. The normalized spacial score (nSPS) is 15.9. The van der Waals surface area contributed by atoms with Gasteiger partial charge in [0.05, 0.1) is 6.61 Å². The number of benzene rings is 1. The lowest BCUT2D eigenvalue weighted by Crippen LogP contribution is -2.40. The van der Waals surface area contributed by atoms with E-state index in [-0.39, 0.29) is 24.4 Å². The lowest BCUT2D eigenvalue weighted by Gasteiger charge is -2.28. The van der Waals surface area contributed by atoms with Crippen LogP contribution in [0.5, 0.6) is 0 Å². The molecule has 0 bridgehead atoms. The first kappa shape index (κ1) is 13.0. The molecule has 18 heavy (non-hydrogen) atoms. The molecule has 1 aromatic rings. The van der Waals surface area contributed by atoms with E-state index in [0.29, 0.717) is 12.1 Å². The van der Waals surface area contributed by atoms with Crippen LogP contribution >= 0.6 is 0 Å². The fourth-order valence-corrected chi connectivity index (χ4v) is 2.53. The Labute approximate surface area is 106 Å². The van der Waals surface area contributed by atoms with E-state index in [1.54, 1.807) is 4.90 Å². The van der Waals surface area contributed by atoms with Crippen molar-refractivity contribution in [3.63, 3.8) is 0 Å². The third kappa shape index (κ3) is 2.88. The van der Waals surface area contributed by atoms with Crippen LogP contribution < -0.4 is 0 Å². The van der Waals surface area contributed by atoms with Gasteiger partial charge in [-0.1, -0.05) is 12.8 Å². The minimum absolute atomic E-state index is 0.0383. The molecule has 4 heteroatoms. The first-order valence-corrected chi connectivity index (χ1v) is 6.40. The molecule has 0 unspecified atom stereocenters. The molecule has 0 atom stereocenters. The number of nitrogens with zero attached hydrogens (tertiary/aromatic N) is 1. The molecule has 3 nitrogen and oxygen atoms in total. The van der Waals surface area contributed by atoms with Crippen LogP contribution in [-0.4, -0.2) is 35.1 Å². The number of carbonyl (C=O) groups is 1. The van der Waals surface area contributed by atoms with Gasteiger partial charge in [-0.3, -0.25) is 4.79 Å². The van der Waals surface area contributed by atoms with Crippen LogP contribution in [0.25, 0.3) is 0 Å². The number of hydrogen-bond donors (Lipinski definition) is 1. The number of aliphatic hydroxyl groups is 1.